The lowest BCUT2D eigenvalue weighted by atomic mass is 9.91. The molecule has 3 saturated heterocycles. The summed E-state index contributed by atoms with van der Waals surface area (Å²) in [5.41, 5.74) is 1.17. The molecule has 0 amide bonds. The summed E-state index contributed by atoms with van der Waals surface area (Å²) in [6.07, 6.45) is 0. The van der Waals surface area contributed by atoms with Crippen LogP contribution in [0.5, 0.6) is 0 Å². The number of aromatic nitrogens is 2. The lowest BCUT2D eigenvalue weighted by molar-refractivity contribution is 0.00855. The predicted molar refractivity (Wildman–Crippen MR) is 85.6 cm³/mol. The zero-order valence-electron chi connectivity index (χ0n) is 13.7. The van der Waals surface area contributed by atoms with Gasteiger partial charge in [0.15, 0.2) is 0 Å². The van der Waals surface area contributed by atoms with Gasteiger partial charge in [-0.3, -0.25) is 9.80 Å². The summed E-state index contributed by atoms with van der Waals surface area (Å²) >= 11 is 0. The van der Waals surface area contributed by atoms with Crippen molar-refractivity contribution in [1.82, 2.24) is 19.8 Å². The highest BCUT2D eigenvalue weighted by molar-refractivity contribution is 5.38. The van der Waals surface area contributed by atoms with Crippen LogP contribution in [0.25, 0.3) is 0 Å². The molecule has 1 atom stereocenters. The predicted octanol–water partition coefficient (Wildman–Crippen LogP) is 1.88. The first-order valence-electron chi connectivity index (χ1n) is 8.07. The van der Waals surface area contributed by atoms with Crippen LogP contribution in [-0.4, -0.2) is 59.0 Å². The van der Waals surface area contributed by atoms with Crippen LogP contribution in [0.4, 0.5) is 5.82 Å². The Morgan fingerprint density at radius 2 is 1.90 bits per heavy atom. The van der Waals surface area contributed by atoms with Crippen LogP contribution < -0.4 is 5.32 Å². The molecule has 1 unspecified atom stereocenters. The molecule has 3 fully saturated rings. The van der Waals surface area contributed by atoms with Gasteiger partial charge in [0, 0.05) is 50.7 Å². The molecule has 4 rings (SSSR count). The van der Waals surface area contributed by atoms with Gasteiger partial charge in [-0.15, -0.1) is 0 Å². The summed E-state index contributed by atoms with van der Waals surface area (Å²) < 4.78 is 0. The number of hydrogen-bond donors (Lipinski definition) is 1. The van der Waals surface area contributed by atoms with E-state index in [4.69, 9.17) is 9.97 Å². The Kier molecular flexibility index (Phi) is 3.88. The molecule has 3 aliphatic heterocycles. The number of nitrogens with zero attached hydrogens (tertiary/aromatic N) is 4. The summed E-state index contributed by atoms with van der Waals surface area (Å²) in [4.78, 5) is 14.8. The average molecular weight is 289 g/mol. The van der Waals surface area contributed by atoms with Gasteiger partial charge in [0.25, 0.3) is 0 Å². The van der Waals surface area contributed by atoms with Crippen LogP contribution in [0.15, 0.2) is 6.07 Å². The maximum Gasteiger partial charge on any atom is 0.149 e. The Morgan fingerprint density at radius 3 is 2.43 bits per heavy atom. The first-order valence-corrected chi connectivity index (χ1v) is 8.07. The molecule has 1 aromatic heterocycles. The molecule has 116 valence electrons. The number of anilines is 1. The molecule has 5 heteroatoms. The van der Waals surface area contributed by atoms with Crippen molar-refractivity contribution in [2.75, 3.05) is 44.6 Å². The monoisotopic (exact) mass is 289 g/mol. The highest BCUT2D eigenvalue weighted by atomic mass is 15.4. The molecule has 1 aromatic rings. The third kappa shape index (κ3) is 3.04. The van der Waals surface area contributed by atoms with Crippen LogP contribution in [-0.2, 0) is 5.41 Å². The smallest absolute Gasteiger partial charge is 0.149 e. The van der Waals surface area contributed by atoms with E-state index in [1.54, 1.807) is 0 Å². The van der Waals surface area contributed by atoms with Gasteiger partial charge in [-0.05, 0) is 6.92 Å². The van der Waals surface area contributed by atoms with E-state index in [2.05, 4.69) is 48.9 Å². The van der Waals surface area contributed by atoms with E-state index >= 15 is 0 Å². The van der Waals surface area contributed by atoms with Gasteiger partial charge < -0.3 is 5.32 Å². The molecule has 4 heterocycles. The largest absolute Gasteiger partial charge is 0.370 e. The molecular weight excluding hydrogens is 262 g/mol. The molecule has 0 aliphatic carbocycles. The first kappa shape index (κ1) is 14.7. The van der Waals surface area contributed by atoms with Crippen LogP contribution in [0, 0.1) is 0 Å². The van der Waals surface area contributed by atoms with E-state index in [0.717, 1.165) is 43.5 Å². The Labute approximate surface area is 127 Å². The number of nitrogens with one attached hydrogen (secondary N) is 1. The lowest BCUT2D eigenvalue weighted by Gasteiger charge is -2.46. The SMILES string of the molecule is CCNc1cc(C(C)(C)C)nc(C2CN3CCN2CC3)n1. The van der Waals surface area contributed by atoms with Crippen molar-refractivity contribution in [2.24, 2.45) is 0 Å². The molecule has 3 aliphatic rings. The van der Waals surface area contributed by atoms with E-state index in [9.17, 15) is 0 Å². The summed E-state index contributed by atoms with van der Waals surface area (Å²) in [5, 5.41) is 3.36. The van der Waals surface area contributed by atoms with Crippen molar-refractivity contribution in [1.29, 1.82) is 0 Å². The quantitative estimate of drug-likeness (QED) is 0.920. The Balaban J connectivity index is 1.95. The number of rotatable bonds is 3. The Hall–Kier alpha value is -1.20. The van der Waals surface area contributed by atoms with Gasteiger partial charge in [0.1, 0.15) is 11.6 Å². The first-order chi connectivity index (χ1) is 9.97. The van der Waals surface area contributed by atoms with Gasteiger partial charge in [-0.25, -0.2) is 9.97 Å². The van der Waals surface area contributed by atoms with Gasteiger partial charge in [0.05, 0.1) is 11.7 Å². The third-order valence-electron chi connectivity index (χ3n) is 4.45. The maximum atomic E-state index is 4.91. The fourth-order valence-corrected chi connectivity index (χ4v) is 3.13. The molecule has 2 bridgehead atoms. The van der Waals surface area contributed by atoms with Crippen molar-refractivity contribution in [3.63, 3.8) is 0 Å². The van der Waals surface area contributed by atoms with Gasteiger partial charge in [-0.2, -0.15) is 0 Å². The second-order valence-electron chi connectivity index (χ2n) is 7.13. The van der Waals surface area contributed by atoms with E-state index in [1.807, 2.05) is 0 Å². The zero-order chi connectivity index (χ0) is 15.0. The summed E-state index contributed by atoms with van der Waals surface area (Å²) in [6.45, 7) is 15.4. The number of piperazine rings is 3. The average Bonchev–Trinajstić information content (AvgIpc) is 2.47. The molecule has 0 saturated carbocycles. The van der Waals surface area contributed by atoms with Gasteiger partial charge in [-0.1, -0.05) is 20.8 Å². The van der Waals surface area contributed by atoms with Gasteiger partial charge >= 0.3 is 0 Å². The van der Waals surface area contributed by atoms with Crippen molar-refractivity contribution in [3.8, 4) is 0 Å². The summed E-state index contributed by atoms with van der Waals surface area (Å²) in [7, 11) is 0. The Morgan fingerprint density at radius 1 is 1.19 bits per heavy atom. The topological polar surface area (TPSA) is 44.3 Å². The van der Waals surface area contributed by atoms with Crippen molar-refractivity contribution >= 4 is 5.82 Å². The minimum Gasteiger partial charge on any atom is -0.370 e. The highest BCUT2D eigenvalue weighted by Gasteiger charge is 2.35. The highest BCUT2D eigenvalue weighted by Crippen LogP contribution is 2.30. The number of hydrogen-bond acceptors (Lipinski definition) is 5. The molecule has 0 radical (unpaired) electrons. The minimum absolute atomic E-state index is 0.0468. The van der Waals surface area contributed by atoms with Crippen molar-refractivity contribution < 1.29 is 0 Å². The van der Waals surface area contributed by atoms with Gasteiger partial charge in [0.2, 0.25) is 0 Å². The van der Waals surface area contributed by atoms with E-state index in [-0.39, 0.29) is 5.41 Å². The fourth-order valence-electron chi connectivity index (χ4n) is 3.13. The standard InChI is InChI=1S/C16H27N5/c1-5-17-14-10-13(16(2,3)4)18-15(19-14)12-11-20-6-8-21(12)9-7-20/h10,12H,5-9,11H2,1-4H3,(H,17,18,19). The molecular formula is C16H27N5. The van der Waals surface area contributed by atoms with Crippen LogP contribution >= 0.6 is 0 Å². The lowest BCUT2D eigenvalue weighted by Crippen LogP contribution is -2.57. The second kappa shape index (κ2) is 5.54. The number of fused-ring (bicyclic) bond motifs is 3. The molecule has 21 heavy (non-hydrogen) atoms. The van der Waals surface area contributed by atoms with Crippen molar-refractivity contribution in [2.45, 2.75) is 39.2 Å². The van der Waals surface area contributed by atoms with E-state index in [1.165, 1.54) is 13.1 Å². The van der Waals surface area contributed by atoms with E-state index < -0.39 is 0 Å². The fraction of sp³-hybridized carbons (Fsp3) is 0.750. The van der Waals surface area contributed by atoms with Crippen molar-refractivity contribution in [3.05, 3.63) is 17.6 Å². The van der Waals surface area contributed by atoms with Crippen LogP contribution in [0.1, 0.15) is 45.3 Å². The zero-order valence-corrected chi connectivity index (χ0v) is 13.7. The normalized spacial score (nSPS) is 28.7. The van der Waals surface area contributed by atoms with E-state index in [0.29, 0.717) is 6.04 Å². The summed E-state index contributed by atoms with van der Waals surface area (Å²) in [6, 6.07) is 2.45. The third-order valence-corrected chi connectivity index (χ3v) is 4.45. The molecule has 0 aromatic carbocycles. The molecule has 1 N–H and O–H groups in total. The molecule has 0 spiro atoms. The summed E-state index contributed by atoms with van der Waals surface area (Å²) in [5.74, 6) is 1.95. The maximum absolute atomic E-state index is 4.91. The Bertz CT molecular complexity index is 500. The van der Waals surface area contributed by atoms with Crippen LogP contribution in [0.3, 0.4) is 0 Å². The minimum atomic E-state index is 0.0468. The second-order valence-corrected chi connectivity index (χ2v) is 7.13. The molecule has 5 nitrogen and oxygen atoms in total. The van der Waals surface area contributed by atoms with Crippen LogP contribution in [0.2, 0.25) is 0 Å².